The monoisotopic (exact) mass is 211 g/mol. The highest BCUT2D eigenvalue weighted by molar-refractivity contribution is 5.78. The fourth-order valence-electron chi connectivity index (χ4n) is 2.63. The number of ketones is 1. The van der Waals surface area contributed by atoms with E-state index in [2.05, 4.69) is 25.7 Å². The van der Waals surface area contributed by atoms with E-state index >= 15 is 0 Å². The van der Waals surface area contributed by atoms with Gasteiger partial charge in [0.15, 0.2) is 0 Å². The molecule has 1 saturated heterocycles. The van der Waals surface area contributed by atoms with Crippen molar-refractivity contribution in [2.24, 2.45) is 11.8 Å². The Kier molecular flexibility index (Phi) is 4.78. The number of carbonyl (C=O) groups excluding carboxylic acids is 1. The molecule has 15 heavy (non-hydrogen) atoms. The molecular weight excluding hydrogens is 186 g/mol. The topological polar surface area (TPSA) is 20.3 Å². The first-order chi connectivity index (χ1) is 7.02. The molecule has 0 bridgehead atoms. The molecule has 1 aliphatic rings. The van der Waals surface area contributed by atoms with Crippen molar-refractivity contribution in [1.29, 1.82) is 0 Å². The molecule has 1 aliphatic heterocycles. The molecule has 1 heterocycles. The summed E-state index contributed by atoms with van der Waals surface area (Å²) in [6.07, 6.45) is 3.55. The van der Waals surface area contributed by atoms with Gasteiger partial charge < -0.3 is 4.90 Å². The Balaban J connectivity index is 2.62. The Bertz CT molecular complexity index is 213. The Labute approximate surface area is 94.0 Å². The van der Waals surface area contributed by atoms with Crippen LogP contribution in [0.4, 0.5) is 0 Å². The van der Waals surface area contributed by atoms with Gasteiger partial charge in [-0.15, -0.1) is 0 Å². The van der Waals surface area contributed by atoms with Crippen LogP contribution in [-0.4, -0.2) is 29.8 Å². The number of hydrogen-bond acceptors (Lipinski definition) is 2. The molecule has 1 rings (SSSR count). The van der Waals surface area contributed by atoms with Crippen LogP contribution in [0, 0.1) is 11.8 Å². The van der Waals surface area contributed by atoms with Gasteiger partial charge >= 0.3 is 0 Å². The maximum absolute atomic E-state index is 11.5. The van der Waals surface area contributed by atoms with Gasteiger partial charge in [0.05, 0.1) is 0 Å². The van der Waals surface area contributed by atoms with E-state index in [0.29, 0.717) is 23.7 Å². The van der Waals surface area contributed by atoms with Gasteiger partial charge in [0.25, 0.3) is 0 Å². The quantitative estimate of drug-likeness (QED) is 0.700. The minimum absolute atomic E-state index is 0.298. The highest BCUT2D eigenvalue weighted by atomic mass is 16.1. The van der Waals surface area contributed by atoms with Crippen LogP contribution in [0.3, 0.4) is 0 Å². The van der Waals surface area contributed by atoms with Crippen molar-refractivity contribution in [3.8, 4) is 0 Å². The van der Waals surface area contributed by atoms with Gasteiger partial charge in [-0.1, -0.05) is 13.3 Å². The molecule has 0 N–H and O–H groups in total. The zero-order chi connectivity index (χ0) is 11.4. The second-order valence-electron chi connectivity index (χ2n) is 5.28. The van der Waals surface area contributed by atoms with Gasteiger partial charge in [-0.3, -0.25) is 4.79 Å². The fraction of sp³-hybridized carbons (Fsp3) is 0.923. The summed E-state index contributed by atoms with van der Waals surface area (Å²) in [6, 6.07) is 0.609. The van der Waals surface area contributed by atoms with Crippen molar-refractivity contribution >= 4 is 5.78 Å². The lowest BCUT2D eigenvalue weighted by atomic mass is 9.84. The molecule has 0 saturated carbocycles. The minimum atomic E-state index is 0.298. The van der Waals surface area contributed by atoms with Gasteiger partial charge in [0, 0.05) is 18.5 Å². The third-order valence-corrected chi connectivity index (χ3v) is 3.67. The summed E-state index contributed by atoms with van der Waals surface area (Å²) in [7, 11) is 0. The lowest BCUT2D eigenvalue weighted by molar-refractivity contribution is -0.123. The van der Waals surface area contributed by atoms with Crippen molar-refractivity contribution in [2.75, 3.05) is 13.1 Å². The van der Waals surface area contributed by atoms with Crippen molar-refractivity contribution in [3.05, 3.63) is 0 Å². The maximum Gasteiger partial charge on any atom is 0.133 e. The van der Waals surface area contributed by atoms with Crippen molar-refractivity contribution < 1.29 is 4.79 Å². The molecule has 0 aromatic carbocycles. The Morgan fingerprint density at radius 2 is 2.00 bits per heavy atom. The third-order valence-electron chi connectivity index (χ3n) is 3.67. The molecule has 2 atom stereocenters. The van der Waals surface area contributed by atoms with Crippen LogP contribution in [0.15, 0.2) is 0 Å². The zero-order valence-electron chi connectivity index (χ0n) is 10.6. The molecule has 0 amide bonds. The highest BCUT2D eigenvalue weighted by Crippen LogP contribution is 2.24. The molecule has 1 fully saturated rings. The number of rotatable bonds is 2. The molecule has 0 radical (unpaired) electrons. The van der Waals surface area contributed by atoms with E-state index in [9.17, 15) is 4.79 Å². The zero-order valence-corrected chi connectivity index (χ0v) is 10.6. The molecule has 2 heteroatoms. The molecule has 0 spiro atoms. The normalized spacial score (nSPS) is 29.9. The lowest BCUT2D eigenvalue weighted by Gasteiger charge is -2.34. The standard InChI is InChI=1S/C13H25NO/c1-10(2)14-8-6-5-7-13(12(4)15)11(3)9-14/h10-11,13H,5-9H2,1-4H3/t11?,13-/m0/s1. The first-order valence-electron chi connectivity index (χ1n) is 6.27. The molecule has 0 aromatic rings. The molecular formula is C13H25NO. The van der Waals surface area contributed by atoms with Gasteiger partial charge in [-0.25, -0.2) is 0 Å². The average molecular weight is 211 g/mol. The van der Waals surface area contributed by atoms with Crippen LogP contribution >= 0.6 is 0 Å². The molecule has 88 valence electrons. The van der Waals surface area contributed by atoms with Gasteiger partial charge in [0.1, 0.15) is 5.78 Å². The van der Waals surface area contributed by atoms with Crippen LogP contribution in [-0.2, 0) is 4.79 Å². The van der Waals surface area contributed by atoms with Crippen LogP contribution in [0.5, 0.6) is 0 Å². The van der Waals surface area contributed by atoms with Gasteiger partial charge in [-0.2, -0.15) is 0 Å². The molecule has 1 unspecified atom stereocenters. The second kappa shape index (κ2) is 5.64. The van der Waals surface area contributed by atoms with Crippen molar-refractivity contribution in [1.82, 2.24) is 4.90 Å². The van der Waals surface area contributed by atoms with E-state index in [0.717, 1.165) is 13.0 Å². The predicted octanol–water partition coefficient (Wildman–Crippen LogP) is 2.72. The summed E-state index contributed by atoms with van der Waals surface area (Å²) in [5, 5.41) is 0. The van der Waals surface area contributed by atoms with E-state index in [1.54, 1.807) is 6.92 Å². The van der Waals surface area contributed by atoms with Crippen LogP contribution in [0.25, 0.3) is 0 Å². The smallest absolute Gasteiger partial charge is 0.133 e. The first-order valence-corrected chi connectivity index (χ1v) is 6.27. The summed E-state index contributed by atoms with van der Waals surface area (Å²) >= 11 is 0. The highest BCUT2D eigenvalue weighted by Gasteiger charge is 2.26. The van der Waals surface area contributed by atoms with Gasteiger partial charge in [0.2, 0.25) is 0 Å². The number of carbonyl (C=O) groups is 1. The Morgan fingerprint density at radius 3 is 2.53 bits per heavy atom. The summed E-state index contributed by atoms with van der Waals surface area (Å²) in [6.45, 7) is 10.8. The maximum atomic E-state index is 11.5. The summed E-state index contributed by atoms with van der Waals surface area (Å²) < 4.78 is 0. The van der Waals surface area contributed by atoms with E-state index in [1.165, 1.54) is 19.4 Å². The summed E-state index contributed by atoms with van der Waals surface area (Å²) in [5.41, 5.74) is 0. The number of nitrogens with zero attached hydrogens (tertiary/aromatic N) is 1. The predicted molar refractivity (Wildman–Crippen MR) is 63.9 cm³/mol. The fourth-order valence-corrected chi connectivity index (χ4v) is 2.63. The summed E-state index contributed by atoms with van der Waals surface area (Å²) in [4.78, 5) is 14.0. The van der Waals surface area contributed by atoms with E-state index < -0.39 is 0 Å². The Morgan fingerprint density at radius 1 is 1.33 bits per heavy atom. The van der Waals surface area contributed by atoms with Gasteiger partial charge in [-0.05, 0) is 46.1 Å². The van der Waals surface area contributed by atoms with Crippen LogP contribution in [0.1, 0.15) is 47.0 Å². The number of hydrogen-bond donors (Lipinski definition) is 0. The molecule has 0 aromatic heterocycles. The molecule has 2 nitrogen and oxygen atoms in total. The third kappa shape index (κ3) is 3.60. The number of Topliss-reactive ketones (excluding diaryl/α,β-unsaturated/α-hetero) is 1. The summed E-state index contributed by atoms with van der Waals surface area (Å²) in [5.74, 6) is 1.20. The second-order valence-corrected chi connectivity index (χ2v) is 5.28. The van der Waals surface area contributed by atoms with Crippen LogP contribution in [0.2, 0.25) is 0 Å². The van der Waals surface area contributed by atoms with E-state index in [4.69, 9.17) is 0 Å². The molecule has 0 aliphatic carbocycles. The Hall–Kier alpha value is -0.370. The first kappa shape index (κ1) is 12.7. The van der Waals surface area contributed by atoms with Crippen LogP contribution < -0.4 is 0 Å². The number of likely N-dealkylation sites (tertiary alicyclic amines) is 1. The average Bonchev–Trinajstić information content (AvgIpc) is 2.10. The minimum Gasteiger partial charge on any atom is -0.301 e. The largest absolute Gasteiger partial charge is 0.301 e. The van der Waals surface area contributed by atoms with E-state index in [1.807, 2.05) is 0 Å². The van der Waals surface area contributed by atoms with Crippen molar-refractivity contribution in [2.45, 2.75) is 53.0 Å². The lowest BCUT2D eigenvalue weighted by Crippen LogP contribution is -2.40. The van der Waals surface area contributed by atoms with E-state index in [-0.39, 0.29) is 0 Å². The van der Waals surface area contributed by atoms with Crippen molar-refractivity contribution in [3.63, 3.8) is 0 Å². The SMILES string of the molecule is CC(=O)[C@H]1CCCCN(C(C)C)CC1C.